The lowest BCUT2D eigenvalue weighted by molar-refractivity contribution is -0.148. The highest BCUT2D eigenvalue weighted by atomic mass is 35.5. The van der Waals surface area contributed by atoms with Crippen LogP contribution in [-0.2, 0) is 14.3 Å². The zero-order valence-corrected chi connectivity index (χ0v) is 21.5. The molecule has 1 aromatic carbocycles. The van der Waals surface area contributed by atoms with Gasteiger partial charge in [0, 0.05) is 5.56 Å². The standard InChI is InChI=1S/C28H30ClN3O5/c1-2-36-27(35)20-9-5-17(6-10-20)16-3-7-18(8-4-16)24-22(29)15-23-25(31-24)32-28(30-23)37-21-13-11-19(12-14-21)26(33)34/h3-5,7-8,15,19-21H,2,6,9-14H2,1H3,(H,33,34)(H,30,31,32). The van der Waals surface area contributed by atoms with E-state index >= 15 is 0 Å². The number of ether oxygens (including phenoxy) is 2. The molecule has 0 aliphatic heterocycles. The van der Waals surface area contributed by atoms with Crippen molar-refractivity contribution in [3.8, 4) is 17.3 Å². The number of benzene rings is 1. The normalized spacial score (nSPS) is 21.9. The molecule has 0 radical (unpaired) electrons. The van der Waals surface area contributed by atoms with Crippen LogP contribution < -0.4 is 4.74 Å². The van der Waals surface area contributed by atoms with E-state index in [-0.39, 0.29) is 23.9 Å². The molecule has 1 fully saturated rings. The number of hydrogen-bond acceptors (Lipinski definition) is 6. The zero-order chi connectivity index (χ0) is 25.9. The molecular formula is C28H30ClN3O5. The van der Waals surface area contributed by atoms with E-state index in [4.69, 9.17) is 21.1 Å². The number of carboxylic acid groups (broad SMARTS) is 1. The second-order valence-electron chi connectivity index (χ2n) is 9.69. The highest BCUT2D eigenvalue weighted by molar-refractivity contribution is 6.33. The van der Waals surface area contributed by atoms with Gasteiger partial charge in [0.15, 0.2) is 5.65 Å². The molecule has 0 saturated heterocycles. The molecule has 37 heavy (non-hydrogen) atoms. The quantitative estimate of drug-likeness (QED) is 0.362. The van der Waals surface area contributed by atoms with Crippen LogP contribution in [0.1, 0.15) is 57.4 Å². The molecule has 5 rings (SSSR count). The molecule has 3 aromatic rings. The van der Waals surface area contributed by atoms with E-state index in [1.807, 2.05) is 19.1 Å². The number of hydrogen-bond donors (Lipinski definition) is 2. The van der Waals surface area contributed by atoms with Crippen LogP contribution in [0.5, 0.6) is 6.01 Å². The summed E-state index contributed by atoms with van der Waals surface area (Å²) in [7, 11) is 0. The van der Waals surface area contributed by atoms with Crippen LogP contribution in [0, 0.1) is 11.8 Å². The summed E-state index contributed by atoms with van der Waals surface area (Å²) in [4.78, 5) is 35.5. The van der Waals surface area contributed by atoms with Gasteiger partial charge in [0.2, 0.25) is 0 Å². The maximum absolute atomic E-state index is 12.0. The van der Waals surface area contributed by atoms with Crippen molar-refractivity contribution in [3.05, 3.63) is 47.0 Å². The number of nitrogens with one attached hydrogen (secondary N) is 1. The molecule has 2 aliphatic carbocycles. The number of carboxylic acids is 1. The van der Waals surface area contributed by atoms with Gasteiger partial charge in [-0.05, 0) is 69.1 Å². The predicted octanol–water partition coefficient (Wildman–Crippen LogP) is 6.05. The summed E-state index contributed by atoms with van der Waals surface area (Å²) in [6.45, 7) is 2.25. The number of carbonyl (C=O) groups excluding carboxylic acids is 1. The number of halogens is 1. The average molecular weight is 524 g/mol. The molecule has 0 bridgehead atoms. The minimum atomic E-state index is -0.736. The third kappa shape index (κ3) is 5.64. The van der Waals surface area contributed by atoms with Gasteiger partial charge in [0.05, 0.1) is 34.7 Å². The summed E-state index contributed by atoms with van der Waals surface area (Å²) < 4.78 is 11.2. The first-order valence-corrected chi connectivity index (χ1v) is 13.2. The van der Waals surface area contributed by atoms with Gasteiger partial charge < -0.3 is 19.6 Å². The van der Waals surface area contributed by atoms with E-state index in [1.165, 1.54) is 5.57 Å². The van der Waals surface area contributed by atoms with Crippen LogP contribution in [0.2, 0.25) is 5.02 Å². The zero-order valence-electron chi connectivity index (χ0n) is 20.7. The van der Waals surface area contributed by atoms with Crippen molar-refractivity contribution in [2.24, 2.45) is 11.8 Å². The molecule has 2 aliphatic rings. The maximum atomic E-state index is 12.0. The number of aromatic amines is 1. The van der Waals surface area contributed by atoms with Gasteiger partial charge in [-0.3, -0.25) is 9.59 Å². The van der Waals surface area contributed by atoms with Gasteiger partial charge in [-0.15, -0.1) is 0 Å². The summed E-state index contributed by atoms with van der Waals surface area (Å²) in [6, 6.07) is 10.3. The van der Waals surface area contributed by atoms with Gasteiger partial charge in [-0.1, -0.05) is 41.9 Å². The maximum Gasteiger partial charge on any atom is 0.309 e. The molecule has 1 unspecified atom stereocenters. The lowest BCUT2D eigenvalue weighted by Gasteiger charge is -2.25. The number of imidazole rings is 1. The van der Waals surface area contributed by atoms with Gasteiger partial charge in [0.1, 0.15) is 6.10 Å². The molecule has 2 aromatic heterocycles. The van der Waals surface area contributed by atoms with Crippen LogP contribution in [-0.4, -0.2) is 44.7 Å². The monoisotopic (exact) mass is 523 g/mol. The number of fused-ring (bicyclic) bond motifs is 1. The number of esters is 1. The fraction of sp³-hybridized carbons (Fsp3) is 0.429. The van der Waals surface area contributed by atoms with E-state index in [0.29, 0.717) is 66.6 Å². The smallest absolute Gasteiger partial charge is 0.309 e. The van der Waals surface area contributed by atoms with Crippen molar-refractivity contribution in [2.45, 2.75) is 58.0 Å². The Balaban J connectivity index is 1.28. The van der Waals surface area contributed by atoms with Gasteiger partial charge in [-0.25, -0.2) is 4.98 Å². The first kappa shape index (κ1) is 25.3. The summed E-state index contributed by atoms with van der Waals surface area (Å²) in [5.74, 6) is -1.19. The SMILES string of the molecule is CCOC(=O)C1CC=C(c2ccc(-c3nc4nc(OC5CCC(C(=O)O)CC5)[nH]c4cc3Cl)cc2)CC1. The third-order valence-corrected chi connectivity index (χ3v) is 7.55. The van der Waals surface area contributed by atoms with Crippen molar-refractivity contribution in [2.75, 3.05) is 6.61 Å². The fourth-order valence-corrected chi connectivity index (χ4v) is 5.41. The largest absolute Gasteiger partial charge is 0.481 e. The molecule has 2 heterocycles. The Morgan fingerprint density at radius 1 is 1.05 bits per heavy atom. The van der Waals surface area contributed by atoms with Crippen LogP contribution in [0.15, 0.2) is 36.4 Å². The number of pyridine rings is 1. The van der Waals surface area contributed by atoms with Gasteiger partial charge in [0.25, 0.3) is 6.01 Å². The molecular weight excluding hydrogens is 494 g/mol. The highest BCUT2D eigenvalue weighted by Crippen LogP contribution is 2.34. The van der Waals surface area contributed by atoms with Crippen LogP contribution in [0.25, 0.3) is 28.0 Å². The summed E-state index contributed by atoms with van der Waals surface area (Å²) in [5, 5.41) is 9.69. The van der Waals surface area contributed by atoms with Crippen molar-refractivity contribution < 1.29 is 24.2 Å². The predicted molar refractivity (Wildman–Crippen MR) is 140 cm³/mol. The number of H-pyrrole nitrogens is 1. The number of nitrogens with zero attached hydrogens (tertiary/aromatic N) is 2. The number of allylic oxidation sites excluding steroid dienone is 2. The lowest BCUT2D eigenvalue weighted by Crippen LogP contribution is -2.28. The van der Waals surface area contributed by atoms with Gasteiger partial charge >= 0.3 is 11.9 Å². The number of aromatic nitrogens is 3. The minimum absolute atomic E-state index is 0.0554. The van der Waals surface area contributed by atoms with E-state index in [2.05, 4.69) is 33.2 Å². The Bertz CT molecular complexity index is 1330. The Kier molecular flexibility index (Phi) is 7.46. The topological polar surface area (TPSA) is 114 Å². The average Bonchev–Trinajstić information content (AvgIpc) is 3.29. The number of aliphatic carboxylic acids is 1. The van der Waals surface area contributed by atoms with Crippen LogP contribution >= 0.6 is 11.6 Å². The number of carbonyl (C=O) groups is 2. The Labute approximate surface area is 220 Å². The van der Waals surface area contributed by atoms with E-state index in [9.17, 15) is 14.7 Å². The van der Waals surface area contributed by atoms with E-state index < -0.39 is 5.97 Å². The number of rotatable bonds is 7. The summed E-state index contributed by atoms with van der Waals surface area (Å²) in [6.07, 6.45) is 6.96. The Hall–Kier alpha value is -3.39. The molecule has 0 amide bonds. The molecule has 1 atom stereocenters. The third-order valence-electron chi connectivity index (χ3n) is 7.27. The molecule has 8 nitrogen and oxygen atoms in total. The first-order chi connectivity index (χ1) is 17.9. The van der Waals surface area contributed by atoms with Crippen molar-refractivity contribution >= 4 is 40.3 Å². The minimum Gasteiger partial charge on any atom is -0.481 e. The fourth-order valence-electron chi connectivity index (χ4n) is 5.15. The summed E-state index contributed by atoms with van der Waals surface area (Å²) in [5.41, 5.74) is 5.07. The molecule has 2 N–H and O–H groups in total. The summed E-state index contributed by atoms with van der Waals surface area (Å²) >= 11 is 6.58. The lowest BCUT2D eigenvalue weighted by atomic mass is 9.86. The Morgan fingerprint density at radius 2 is 1.78 bits per heavy atom. The van der Waals surface area contributed by atoms with Crippen molar-refractivity contribution in [1.82, 2.24) is 15.0 Å². The van der Waals surface area contributed by atoms with Crippen LogP contribution in [0.4, 0.5) is 0 Å². The van der Waals surface area contributed by atoms with Crippen molar-refractivity contribution in [3.63, 3.8) is 0 Å². The second kappa shape index (κ2) is 10.9. The first-order valence-electron chi connectivity index (χ1n) is 12.8. The molecule has 9 heteroatoms. The Morgan fingerprint density at radius 3 is 2.43 bits per heavy atom. The highest BCUT2D eigenvalue weighted by Gasteiger charge is 2.28. The molecule has 1 saturated carbocycles. The second-order valence-corrected chi connectivity index (χ2v) is 10.1. The molecule has 194 valence electrons. The molecule has 0 spiro atoms. The van der Waals surface area contributed by atoms with Crippen molar-refractivity contribution in [1.29, 1.82) is 0 Å². The van der Waals surface area contributed by atoms with Crippen LogP contribution in [0.3, 0.4) is 0 Å². The van der Waals surface area contributed by atoms with E-state index in [1.54, 1.807) is 6.07 Å². The van der Waals surface area contributed by atoms with Gasteiger partial charge in [-0.2, -0.15) is 4.98 Å². The van der Waals surface area contributed by atoms with E-state index in [0.717, 1.165) is 24.0 Å².